The van der Waals surface area contributed by atoms with Crippen molar-refractivity contribution in [1.29, 1.82) is 0 Å². The second-order valence-corrected chi connectivity index (χ2v) is 7.07. The maximum absolute atomic E-state index is 5.97. The molecule has 2 atom stereocenters. The molecule has 1 fully saturated rings. The van der Waals surface area contributed by atoms with E-state index in [1.807, 2.05) is 18.2 Å². The Morgan fingerprint density at radius 2 is 1.83 bits per heavy atom. The number of nitrogens with zero attached hydrogens (tertiary/aromatic N) is 1. The normalized spacial score (nSPS) is 18.4. The van der Waals surface area contributed by atoms with Crippen molar-refractivity contribution < 1.29 is 14.2 Å². The van der Waals surface area contributed by atoms with Crippen LogP contribution in [0.25, 0.3) is 0 Å². The molecule has 0 saturated carbocycles. The first-order valence-corrected chi connectivity index (χ1v) is 10.1. The SMILES string of the molecule is CN=C(NCCc1ccc(OC)c(OC)c1)NCC1CCOC1c1ccccc1.I. The maximum Gasteiger partial charge on any atom is 0.190 e. The lowest BCUT2D eigenvalue weighted by Crippen LogP contribution is -2.41. The fourth-order valence-corrected chi connectivity index (χ4v) is 3.66. The Bertz CT molecular complexity index is 802. The summed E-state index contributed by atoms with van der Waals surface area (Å²) >= 11 is 0. The third-order valence-corrected chi connectivity index (χ3v) is 5.25. The van der Waals surface area contributed by atoms with Crippen LogP contribution in [0, 0.1) is 5.92 Å². The monoisotopic (exact) mass is 525 g/mol. The molecule has 1 heterocycles. The Labute approximate surface area is 196 Å². The van der Waals surface area contributed by atoms with Crippen molar-refractivity contribution in [3.63, 3.8) is 0 Å². The predicted octanol–water partition coefficient (Wildman–Crippen LogP) is 3.81. The van der Waals surface area contributed by atoms with Crippen LogP contribution in [0.2, 0.25) is 0 Å². The highest BCUT2D eigenvalue weighted by Crippen LogP contribution is 2.33. The lowest BCUT2D eigenvalue weighted by molar-refractivity contribution is 0.0915. The van der Waals surface area contributed by atoms with Crippen LogP contribution in [0.1, 0.15) is 23.7 Å². The molecule has 3 rings (SSSR count). The smallest absolute Gasteiger partial charge is 0.190 e. The highest BCUT2D eigenvalue weighted by molar-refractivity contribution is 14.0. The number of halogens is 1. The summed E-state index contributed by atoms with van der Waals surface area (Å²) in [7, 11) is 5.10. The van der Waals surface area contributed by atoms with Gasteiger partial charge in [0, 0.05) is 32.7 Å². The third kappa shape index (κ3) is 6.50. The van der Waals surface area contributed by atoms with Gasteiger partial charge in [0.1, 0.15) is 0 Å². The number of ether oxygens (including phenoxy) is 3. The maximum atomic E-state index is 5.97. The fourth-order valence-electron chi connectivity index (χ4n) is 3.66. The van der Waals surface area contributed by atoms with Gasteiger partial charge in [-0.3, -0.25) is 4.99 Å². The molecule has 6 nitrogen and oxygen atoms in total. The molecule has 2 N–H and O–H groups in total. The first kappa shape index (κ1) is 24.3. The number of benzene rings is 2. The largest absolute Gasteiger partial charge is 0.493 e. The fraction of sp³-hybridized carbons (Fsp3) is 0.435. The molecule has 0 amide bonds. The number of aliphatic imine (C=N–C) groups is 1. The van der Waals surface area contributed by atoms with Crippen LogP contribution in [-0.2, 0) is 11.2 Å². The van der Waals surface area contributed by atoms with Crippen molar-refractivity contribution >= 4 is 29.9 Å². The summed E-state index contributed by atoms with van der Waals surface area (Å²) < 4.78 is 16.6. The summed E-state index contributed by atoms with van der Waals surface area (Å²) in [5.41, 5.74) is 2.42. The minimum atomic E-state index is 0. The number of rotatable bonds is 8. The molecule has 1 aliphatic heterocycles. The third-order valence-electron chi connectivity index (χ3n) is 5.25. The average molecular weight is 525 g/mol. The molecule has 7 heteroatoms. The topological polar surface area (TPSA) is 64.1 Å². The number of hydrogen-bond donors (Lipinski definition) is 2. The molecule has 164 valence electrons. The molecule has 1 aliphatic rings. The number of methoxy groups -OCH3 is 2. The van der Waals surface area contributed by atoms with E-state index in [4.69, 9.17) is 14.2 Å². The standard InChI is InChI=1S/C23H31N3O3.HI/c1-24-23(25-13-11-17-9-10-20(27-2)21(15-17)28-3)26-16-19-12-14-29-22(19)18-7-5-4-6-8-18;/h4-10,15,19,22H,11-14,16H2,1-3H3,(H2,24,25,26);1H. The van der Waals surface area contributed by atoms with Crippen LogP contribution < -0.4 is 20.1 Å². The Kier molecular flexibility index (Phi) is 10.2. The lowest BCUT2D eigenvalue weighted by Gasteiger charge is -2.21. The van der Waals surface area contributed by atoms with E-state index in [-0.39, 0.29) is 30.1 Å². The van der Waals surface area contributed by atoms with E-state index in [0.717, 1.165) is 50.0 Å². The molecule has 0 radical (unpaired) electrons. The zero-order valence-electron chi connectivity index (χ0n) is 17.9. The summed E-state index contributed by atoms with van der Waals surface area (Å²) in [5.74, 6) is 2.74. The number of guanidine groups is 1. The molecule has 0 bridgehead atoms. The van der Waals surface area contributed by atoms with Gasteiger partial charge in [-0.1, -0.05) is 36.4 Å². The van der Waals surface area contributed by atoms with Crippen molar-refractivity contribution in [2.24, 2.45) is 10.9 Å². The molecule has 0 aromatic heterocycles. The first-order chi connectivity index (χ1) is 14.2. The van der Waals surface area contributed by atoms with E-state index in [1.165, 1.54) is 11.1 Å². The highest BCUT2D eigenvalue weighted by atomic mass is 127. The average Bonchev–Trinajstić information content (AvgIpc) is 3.25. The van der Waals surface area contributed by atoms with Gasteiger partial charge in [-0.2, -0.15) is 0 Å². The highest BCUT2D eigenvalue weighted by Gasteiger charge is 2.29. The summed E-state index contributed by atoms with van der Waals surface area (Å²) in [5, 5.41) is 6.84. The zero-order valence-corrected chi connectivity index (χ0v) is 20.2. The second-order valence-electron chi connectivity index (χ2n) is 7.07. The van der Waals surface area contributed by atoms with Crippen molar-refractivity contribution in [3.05, 3.63) is 59.7 Å². The van der Waals surface area contributed by atoms with Gasteiger partial charge in [-0.15, -0.1) is 24.0 Å². The van der Waals surface area contributed by atoms with Gasteiger partial charge in [0.25, 0.3) is 0 Å². The van der Waals surface area contributed by atoms with Crippen LogP contribution in [0.3, 0.4) is 0 Å². The van der Waals surface area contributed by atoms with Crippen molar-refractivity contribution in [3.8, 4) is 11.5 Å². The van der Waals surface area contributed by atoms with Gasteiger partial charge in [0.15, 0.2) is 17.5 Å². The molecule has 2 unspecified atom stereocenters. The van der Waals surface area contributed by atoms with Gasteiger partial charge in [0.05, 0.1) is 20.3 Å². The molecule has 2 aromatic rings. The quantitative estimate of drug-likeness (QED) is 0.312. The molecule has 2 aromatic carbocycles. The molecular weight excluding hydrogens is 493 g/mol. The number of nitrogens with one attached hydrogen (secondary N) is 2. The van der Waals surface area contributed by atoms with Gasteiger partial charge in [-0.25, -0.2) is 0 Å². The van der Waals surface area contributed by atoms with Crippen LogP contribution >= 0.6 is 24.0 Å². The Hall–Kier alpha value is -2.00. The summed E-state index contributed by atoms with van der Waals surface area (Å²) in [4.78, 5) is 4.35. The molecule has 30 heavy (non-hydrogen) atoms. The summed E-state index contributed by atoms with van der Waals surface area (Å²) in [6, 6.07) is 16.4. The summed E-state index contributed by atoms with van der Waals surface area (Å²) in [6.45, 7) is 2.41. The van der Waals surface area contributed by atoms with Crippen LogP contribution in [0.15, 0.2) is 53.5 Å². The Morgan fingerprint density at radius 1 is 1.07 bits per heavy atom. The van der Waals surface area contributed by atoms with E-state index in [9.17, 15) is 0 Å². The zero-order chi connectivity index (χ0) is 20.5. The Balaban J connectivity index is 0.00000320. The van der Waals surface area contributed by atoms with E-state index in [0.29, 0.717) is 5.92 Å². The predicted molar refractivity (Wildman–Crippen MR) is 131 cm³/mol. The van der Waals surface area contributed by atoms with E-state index >= 15 is 0 Å². The van der Waals surface area contributed by atoms with Crippen molar-refractivity contribution in [1.82, 2.24) is 10.6 Å². The van der Waals surface area contributed by atoms with Crippen LogP contribution in [0.4, 0.5) is 0 Å². The van der Waals surface area contributed by atoms with Gasteiger partial charge in [-0.05, 0) is 36.1 Å². The second kappa shape index (κ2) is 12.6. The Morgan fingerprint density at radius 3 is 2.53 bits per heavy atom. The minimum Gasteiger partial charge on any atom is -0.493 e. The first-order valence-electron chi connectivity index (χ1n) is 10.1. The lowest BCUT2D eigenvalue weighted by atomic mass is 9.95. The van der Waals surface area contributed by atoms with Crippen molar-refractivity contribution in [2.45, 2.75) is 18.9 Å². The van der Waals surface area contributed by atoms with Crippen molar-refractivity contribution in [2.75, 3.05) is 41.0 Å². The van der Waals surface area contributed by atoms with E-state index < -0.39 is 0 Å². The van der Waals surface area contributed by atoms with Gasteiger partial charge < -0.3 is 24.8 Å². The van der Waals surface area contributed by atoms with Gasteiger partial charge in [0.2, 0.25) is 0 Å². The molecule has 0 spiro atoms. The molecular formula is C23H32IN3O3. The van der Waals surface area contributed by atoms with Crippen LogP contribution in [0.5, 0.6) is 11.5 Å². The minimum absolute atomic E-state index is 0. The van der Waals surface area contributed by atoms with E-state index in [1.54, 1.807) is 21.3 Å². The van der Waals surface area contributed by atoms with Crippen LogP contribution in [-0.4, -0.2) is 46.9 Å². The number of hydrogen-bond acceptors (Lipinski definition) is 4. The van der Waals surface area contributed by atoms with Gasteiger partial charge >= 0.3 is 0 Å². The molecule has 0 aliphatic carbocycles. The molecule has 1 saturated heterocycles. The summed E-state index contributed by atoms with van der Waals surface area (Å²) in [6.07, 6.45) is 2.06. The van der Waals surface area contributed by atoms with E-state index in [2.05, 4.69) is 46.0 Å².